The summed E-state index contributed by atoms with van der Waals surface area (Å²) in [7, 11) is 0. The number of nitrogens with two attached hydrogens (primary N) is 1. The third-order valence-electron chi connectivity index (χ3n) is 2.57. The minimum absolute atomic E-state index is 0.00270. The number of rotatable bonds is 5. The Morgan fingerprint density at radius 2 is 2.26 bits per heavy atom. The van der Waals surface area contributed by atoms with Crippen LogP contribution in [0.1, 0.15) is 16.1 Å². The lowest BCUT2D eigenvalue weighted by Crippen LogP contribution is -2.10. The van der Waals surface area contributed by atoms with Gasteiger partial charge in [0.1, 0.15) is 11.5 Å². The first kappa shape index (κ1) is 13.6. The van der Waals surface area contributed by atoms with E-state index in [-0.39, 0.29) is 28.5 Å². The quantitative estimate of drug-likeness (QED) is 0.843. The molecule has 19 heavy (non-hydrogen) atoms. The summed E-state index contributed by atoms with van der Waals surface area (Å²) in [6, 6.07) is 4.55. The van der Waals surface area contributed by atoms with Crippen LogP contribution in [0.25, 0.3) is 0 Å². The summed E-state index contributed by atoms with van der Waals surface area (Å²) in [5.74, 6) is -0.892. The zero-order valence-electron chi connectivity index (χ0n) is 10.0. The van der Waals surface area contributed by atoms with Crippen molar-refractivity contribution in [2.45, 2.75) is 13.0 Å². The predicted octanol–water partition coefficient (Wildman–Crippen LogP) is 1.45. The number of hydrogen-bond donors (Lipinski definition) is 1. The summed E-state index contributed by atoms with van der Waals surface area (Å²) in [5, 5.41) is 7.49. The molecule has 0 aliphatic heterocycles. The minimum atomic E-state index is -0.577. The largest absolute Gasteiger partial charge is 0.329 e. The molecule has 0 unspecified atom stereocenters. The molecule has 1 heterocycles. The fraction of sp³-hybridized carbons (Fsp3) is 0.250. The van der Waals surface area contributed by atoms with Crippen molar-refractivity contribution >= 4 is 17.4 Å². The molecular formula is C12H12ClFN4O. The lowest BCUT2D eigenvalue weighted by Gasteiger charge is -2.02. The monoisotopic (exact) mass is 282 g/mol. The second kappa shape index (κ2) is 5.90. The Labute approximate surface area is 114 Å². The van der Waals surface area contributed by atoms with Crippen LogP contribution in [0.3, 0.4) is 0 Å². The highest BCUT2D eigenvalue weighted by atomic mass is 35.5. The molecule has 0 bridgehead atoms. The average molecular weight is 283 g/mol. The third kappa shape index (κ3) is 3.15. The van der Waals surface area contributed by atoms with E-state index < -0.39 is 5.82 Å². The van der Waals surface area contributed by atoms with Gasteiger partial charge in [0.15, 0.2) is 5.78 Å². The van der Waals surface area contributed by atoms with E-state index in [0.717, 1.165) is 0 Å². The van der Waals surface area contributed by atoms with Crippen molar-refractivity contribution in [1.29, 1.82) is 0 Å². The van der Waals surface area contributed by atoms with Gasteiger partial charge in [-0.25, -0.2) is 4.39 Å². The average Bonchev–Trinajstić information content (AvgIpc) is 2.84. The number of carbonyl (C=O) groups excluding carboxylic acids is 1. The molecule has 2 rings (SSSR count). The van der Waals surface area contributed by atoms with Gasteiger partial charge in [-0.15, -0.1) is 5.10 Å². The van der Waals surface area contributed by atoms with Crippen LogP contribution >= 0.6 is 11.6 Å². The van der Waals surface area contributed by atoms with Crippen LogP contribution in [-0.2, 0) is 13.0 Å². The lowest BCUT2D eigenvalue weighted by molar-refractivity contribution is 0.0987. The number of carbonyl (C=O) groups is 1. The van der Waals surface area contributed by atoms with Crippen molar-refractivity contribution in [3.63, 3.8) is 0 Å². The molecule has 0 amide bonds. The van der Waals surface area contributed by atoms with Crippen LogP contribution in [0.5, 0.6) is 0 Å². The van der Waals surface area contributed by atoms with Crippen molar-refractivity contribution in [3.8, 4) is 0 Å². The Kier molecular flexibility index (Phi) is 4.24. The van der Waals surface area contributed by atoms with Gasteiger partial charge in [-0.1, -0.05) is 28.9 Å². The van der Waals surface area contributed by atoms with Crippen molar-refractivity contribution in [3.05, 3.63) is 46.5 Å². The summed E-state index contributed by atoms with van der Waals surface area (Å²) in [4.78, 5) is 11.9. The normalized spacial score (nSPS) is 10.7. The standard InChI is InChI=1S/C12H12ClFN4O/c13-9-3-1-2-8(12(9)14)6-11(19)10-7-18(5-4-15)17-16-10/h1-3,7H,4-6,15H2. The van der Waals surface area contributed by atoms with Gasteiger partial charge in [-0.05, 0) is 11.6 Å². The molecule has 2 N–H and O–H groups in total. The molecule has 0 aliphatic rings. The molecule has 1 aromatic carbocycles. The van der Waals surface area contributed by atoms with E-state index in [2.05, 4.69) is 10.3 Å². The van der Waals surface area contributed by atoms with Crippen LogP contribution in [0.2, 0.25) is 5.02 Å². The molecule has 0 atom stereocenters. The fourth-order valence-corrected chi connectivity index (χ4v) is 1.81. The molecule has 1 aromatic heterocycles. The zero-order valence-corrected chi connectivity index (χ0v) is 10.8. The van der Waals surface area contributed by atoms with E-state index in [0.29, 0.717) is 13.1 Å². The first-order valence-electron chi connectivity index (χ1n) is 5.68. The Bertz CT molecular complexity index is 599. The highest BCUT2D eigenvalue weighted by molar-refractivity contribution is 6.30. The summed E-state index contributed by atoms with van der Waals surface area (Å²) >= 11 is 5.66. The number of benzene rings is 1. The Morgan fingerprint density at radius 1 is 1.47 bits per heavy atom. The van der Waals surface area contributed by atoms with E-state index in [4.69, 9.17) is 17.3 Å². The third-order valence-corrected chi connectivity index (χ3v) is 2.86. The zero-order chi connectivity index (χ0) is 13.8. The second-order valence-electron chi connectivity index (χ2n) is 3.97. The van der Waals surface area contributed by atoms with Gasteiger partial charge in [-0.2, -0.15) is 0 Å². The number of ketones is 1. The molecule has 7 heteroatoms. The van der Waals surface area contributed by atoms with Crippen LogP contribution in [0, 0.1) is 5.82 Å². The second-order valence-corrected chi connectivity index (χ2v) is 4.38. The van der Waals surface area contributed by atoms with Crippen molar-refractivity contribution in [2.75, 3.05) is 6.54 Å². The molecular weight excluding hydrogens is 271 g/mol. The molecule has 0 saturated heterocycles. The van der Waals surface area contributed by atoms with Crippen molar-refractivity contribution < 1.29 is 9.18 Å². The molecule has 2 aromatic rings. The number of halogens is 2. The Morgan fingerprint density at radius 3 is 3.00 bits per heavy atom. The van der Waals surface area contributed by atoms with E-state index >= 15 is 0 Å². The van der Waals surface area contributed by atoms with Gasteiger partial charge in [0, 0.05) is 13.0 Å². The predicted molar refractivity (Wildman–Crippen MR) is 68.5 cm³/mol. The first-order valence-corrected chi connectivity index (χ1v) is 6.06. The maximum atomic E-state index is 13.7. The molecule has 0 saturated carbocycles. The van der Waals surface area contributed by atoms with Gasteiger partial charge in [0.05, 0.1) is 17.8 Å². The van der Waals surface area contributed by atoms with E-state index in [9.17, 15) is 9.18 Å². The summed E-state index contributed by atoms with van der Waals surface area (Å²) in [5.41, 5.74) is 5.80. The van der Waals surface area contributed by atoms with Gasteiger partial charge >= 0.3 is 0 Å². The molecule has 0 spiro atoms. The summed E-state index contributed by atoms with van der Waals surface area (Å²) < 4.78 is 15.1. The molecule has 100 valence electrons. The lowest BCUT2D eigenvalue weighted by atomic mass is 10.1. The fourth-order valence-electron chi connectivity index (χ4n) is 1.62. The summed E-state index contributed by atoms with van der Waals surface area (Å²) in [6.07, 6.45) is 1.39. The highest BCUT2D eigenvalue weighted by Gasteiger charge is 2.15. The van der Waals surface area contributed by atoms with Gasteiger partial charge in [0.25, 0.3) is 0 Å². The Hall–Kier alpha value is -1.79. The SMILES string of the molecule is NCCn1cc(C(=O)Cc2cccc(Cl)c2F)nn1. The van der Waals surface area contributed by atoms with Crippen LogP contribution in [0.4, 0.5) is 4.39 Å². The number of hydrogen-bond acceptors (Lipinski definition) is 4. The number of Topliss-reactive ketones (excluding diaryl/α,β-unsaturated/α-hetero) is 1. The number of aromatic nitrogens is 3. The molecule has 0 fully saturated rings. The Balaban J connectivity index is 2.14. The molecule has 0 aliphatic carbocycles. The molecule has 5 nitrogen and oxygen atoms in total. The van der Waals surface area contributed by atoms with Crippen LogP contribution < -0.4 is 5.73 Å². The maximum absolute atomic E-state index is 13.7. The van der Waals surface area contributed by atoms with Gasteiger partial charge in [-0.3, -0.25) is 9.48 Å². The van der Waals surface area contributed by atoms with Gasteiger partial charge < -0.3 is 5.73 Å². The smallest absolute Gasteiger partial charge is 0.189 e. The van der Waals surface area contributed by atoms with Gasteiger partial charge in [0.2, 0.25) is 0 Å². The number of nitrogens with zero attached hydrogens (tertiary/aromatic N) is 3. The van der Waals surface area contributed by atoms with E-state index in [1.807, 2.05) is 0 Å². The molecule has 0 radical (unpaired) electrons. The highest BCUT2D eigenvalue weighted by Crippen LogP contribution is 2.19. The van der Waals surface area contributed by atoms with Crippen molar-refractivity contribution in [1.82, 2.24) is 15.0 Å². The van der Waals surface area contributed by atoms with E-state index in [1.165, 1.54) is 23.0 Å². The first-order chi connectivity index (χ1) is 9.11. The maximum Gasteiger partial charge on any atom is 0.189 e. The van der Waals surface area contributed by atoms with Crippen LogP contribution in [0.15, 0.2) is 24.4 Å². The summed E-state index contributed by atoms with van der Waals surface area (Å²) in [6.45, 7) is 0.881. The van der Waals surface area contributed by atoms with Crippen LogP contribution in [-0.4, -0.2) is 27.3 Å². The van der Waals surface area contributed by atoms with Crippen molar-refractivity contribution in [2.24, 2.45) is 5.73 Å². The minimum Gasteiger partial charge on any atom is -0.329 e. The topological polar surface area (TPSA) is 73.8 Å². The van der Waals surface area contributed by atoms with E-state index in [1.54, 1.807) is 6.07 Å².